The van der Waals surface area contributed by atoms with Gasteiger partial charge < -0.3 is 0 Å². The molecule has 0 unspecified atom stereocenters. The summed E-state index contributed by atoms with van der Waals surface area (Å²) in [6.07, 6.45) is 0. The first-order valence-electron chi connectivity index (χ1n) is 4.19. The van der Waals surface area contributed by atoms with Crippen LogP contribution in [0.2, 0.25) is 0 Å². The molecule has 0 aromatic heterocycles. The number of hydrogen-bond acceptors (Lipinski definition) is 3. The Morgan fingerprint density at radius 2 is 2.00 bits per heavy atom. The summed E-state index contributed by atoms with van der Waals surface area (Å²) in [7, 11) is 0. The lowest BCUT2D eigenvalue weighted by atomic mass is 9.96. The zero-order valence-corrected chi connectivity index (χ0v) is 7.99. The lowest BCUT2D eigenvalue weighted by Crippen LogP contribution is -2.12. The average Bonchev–Trinajstić information content (AvgIpc) is 2.23. The molecule has 0 atom stereocenters. The standard InChI is InChI=1S/C11H7FN2O/c1-7-2-3-9(12)4-10(7)11(15)8(5-13)6-14/h2-4,8H,1H3. The minimum Gasteiger partial charge on any atom is -0.291 e. The maximum absolute atomic E-state index is 12.9. The van der Waals surface area contributed by atoms with Crippen molar-refractivity contribution < 1.29 is 9.18 Å². The Morgan fingerprint density at radius 1 is 1.40 bits per heavy atom. The van der Waals surface area contributed by atoms with E-state index >= 15 is 0 Å². The molecule has 0 fully saturated rings. The quantitative estimate of drug-likeness (QED) is 0.688. The molecule has 0 aliphatic heterocycles. The molecule has 0 radical (unpaired) electrons. The lowest BCUT2D eigenvalue weighted by molar-refractivity contribution is 0.0970. The zero-order valence-electron chi connectivity index (χ0n) is 7.99. The van der Waals surface area contributed by atoms with Crippen molar-refractivity contribution in [3.8, 4) is 12.1 Å². The van der Waals surface area contributed by atoms with Gasteiger partial charge in [-0.15, -0.1) is 0 Å². The monoisotopic (exact) mass is 202 g/mol. The number of carbonyl (C=O) groups is 1. The Kier molecular flexibility index (Phi) is 3.15. The highest BCUT2D eigenvalue weighted by Gasteiger charge is 2.20. The summed E-state index contributed by atoms with van der Waals surface area (Å²) in [4.78, 5) is 11.6. The molecule has 15 heavy (non-hydrogen) atoms. The second-order valence-corrected chi connectivity index (χ2v) is 3.01. The number of carbonyl (C=O) groups excluding carboxylic acids is 1. The van der Waals surface area contributed by atoms with Crippen molar-refractivity contribution in [3.05, 3.63) is 35.1 Å². The number of aryl methyl sites for hydroxylation is 1. The van der Waals surface area contributed by atoms with Gasteiger partial charge in [0.15, 0.2) is 11.7 Å². The van der Waals surface area contributed by atoms with Gasteiger partial charge in [-0.25, -0.2) is 4.39 Å². The van der Waals surface area contributed by atoms with Gasteiger partial charge in [-0.3, -0.25) is 4.79 Å². The molecule has 0 saturated carbocycles. The number of hydrogen-bond donors (Lipinski definition) is 0. The predicted octanol–water partition coefficient (Wildman–Crippen LogP) is 1.98. The van der Waals surface area contributed by atoms with Gasteiger partial charge in [0.05, 0.1) is 12.1 Å². The van der Waals surface area contributed by atoms with E-state index in [0.717, 1.165) is 6.07 Å². The number of halogens is 1. The fourth-order valence-corrected chi connectivity index (χ4v) is 1.16. The van der Waals surface area contributed by atoms with E-state index in [4.69, 9.17) is 10.5 Å². The van der Waals surface area contributed by atoms with Gasteiger partial charge in [0.2, 0.25) is 0 Å². The normalized spacial score (nSPS) is 9.40. The molecule has 0 saturated heterocycles. The lowest BCUT2D eigenvalue weighted by Gasteiger charge is -2.04. The number of benzene rings is 1. The summed E-state index contributed by atoms with van der Waals surface area (Å²) >= 11 is 0. The fraction of sp³-hybridized carbons (Fsp3) is 0.182. The maximum Gasteiger partial charge on any atom is 0.195 e. The van der Waals surface area contributed by atoms with Crippen molar-refractivity contribution in [2.75, 3.05) is 0 Å². The first-order valence-corrected chi connectivity index (χ1v) is 4.19. The van der Waals surface area contributed by atoms with E-state index in [1.807, 2.05) is 0 Å². The van der Waals surface area contributed by atoms with E-state index in [0.29, 0.717) is 5.56 Å². The van der Waals surface area contributed by atoms with Gasteiger partial charge >= 0.3 is 0 Å². The predicted molar refractivity (Wildman–Crippen MR) is 50.2 cm³/mol. The van der Waals surface area contributed by atoms with Crippen LogP contribution in [0.4, 0.5) is 4.39 Å². The van der Waals surface area contributed by atoms with Gasteiger partial charge in [-0.1, -0.05) is 6.07 Å². The van der Waals surface area contributed by atoms with E-state index < -0.39 is 17.5 Å². The van der Waals surface area contributed by atoms with Crippen molar-refractivity contribution in [2.45, 2.75) is 6.92 Å². The highest BCUT2D eigenvalue weighted by atomic mass is 19.1. The molecule has 74 valence electrons. The number of nitrogens with zero attached hydrogens (tertiary/aromatic N) is 2. The van der Waals surface area contributed by atoms with Crippen LogP contribution in [-0.4, -0.2) is 5.78 Å². The van der Waals surface area contributed by atoms with Crippen LogP contribution in [0.3, 0.4) is 0 Å². The third-order valence-corrected chi connectivity index (χ3v) is 1.99. The Hall–Kier alpha value is -2.20. The zero-order chi connectivity index (χ0) is 11.4. The van der Waals surface area contributed by atoms with E-state index in [1.54, 1.807) is 19.1 Å². The molecule has 1 aromatic carbocycles. The van der Waals surface area contributed by atoms with Gasteiger partial charge in [0.1, 0.15) is 5.82 Å². The Morgan fingerprint density at radius 3 is 2.53 bits per heavy atom. The molecule has 0 bridgehead atoms. The van der Waals surface area contributed by atoms with E-state index in [-0.39, 0.29) is 5.56 Å². The van der Waals surface area contributed by atoms with E-state index in [9.17, 15) is 9.18 Å². The number of Topliss-reactive ketones (excluding diaryl/α,β-unsaturated/α-hetero) is 1. The minimum absolute atomic E-state index is 0.0862. The molecule has 0 aliphatic carbocycles. The van der Waals surface area contributed by atoms with Gasteiger partial charge in [-0.05, 0) is 24.6 Å². The summed E-state index contributed by atoms with van der Waals surface area (Å²) < 4.78 is 12.9. The summed E-state index contributed by atoms with van der Waals surface area (Å²) in [6, 6.07) is 6.83. The second kappa shape index (κ2) is 4.34. The van der Waals surface area contributed by atoms with Crippen LogP contribution in [0.25, 0.3) is 0 Å². The minimum atomic E-state index is -1.37. The van der Waals surface area contributed by atoms with Crippen LogP contribution in [0.1, 0.15) is 15.9 Å². The van der Waals surface area contributed by atoms with Gasteiger partial charge in [0, 0.05) is 5.56 Å². The van der Waals surface area contributed by atoms with Crippen LogP contribution in [-0.2, 0) is 0 Å². The van der Waals surface area contributed by atoms with Crippen molar-refractivity contribution in [1.29, 1.82) is 10.5 Å². The van der Waals surface area contributed by atoms with Crippen LogP contribution in [0.5, 0.6) is 0 Å². The number of rotatable bonds is 2. The molecule has 4 heteroatoms. The van der Waals surface area contributed by atoms with Crippen LogP contribution >= 0.6 is 0 Å². The van der Waals surface area contributed by atoms with Crippen LogP contribution in [0, 0.1) is 41.3 Å². The van der Waals surface area contributed by atoms with E-state index in [2.05, 4.69) is 0 Å². The van der Waals surface area contributed by atoms with Crippen LogP contribution in [0.15, 0.2) is 18.2 Å². The first-order chi connectivity index (χ1) is 7.10. The molecule has 0 N–H and O–H groups in total. The summed E-state index contributed by atoms with van der Waals surface area (Å²) in [5, 5.41) is 17.1. The number of ketones is 1. The highest BCUT2D eigenvalue weighted by molar-refractivity contribution is 6.02. The molecule has 0 heterocycles. The SMILES string of the molecule is Cc1ccc(F)cc1C(=O)C(C#N)C#N. The third-order valence-electron chi connectivity index (χ3n) is 1.99. The average molecular weight is 202 g/mol. The van der Waals surface area contributed by atoms with Crippen molar-refractivity contribution in [2.24, 2.45) is 5.92 Å². The maximum atomic E-state index is 12.9. The molecule has 3 nitrogen and oxygen atoms in total. The van der Waals surface area contributed by atoms with Crippen LogP contribution < -0.4 is 0 Å². The molecule has 0 aliphatic rings. The molecule has 0 spiro atoms. The fourth-order valence-electron chi connectivity index (χ4n) is 1.16. The number of nitriles is 2. The van der Waals surface area contributed by atoms with E-state index in [1.165, 1.54) is 12.1 Å². The van der Waals surface area contributed by atoms with Crippen molar-refractivity contribution in [3.63, 3.8) is 0 Å². The Bertz CT molecular complexity index is 468. The largest absolute Gasteiger partial charge is 0.291 e. The van der Waals surface area contributed by atoms with Gasteiger partial charge in [-0.2, -0.15) is 10.5 Å². The Balaban J connectivity index is 3.18. The summed E-state index contributed by atoms with van der Waals surface area (Å²) in [5.74, 6) is -2.58. The van der Waals surface area contributed by atoms with Crippen molar-refractivity contribution in [1.82, 2.24) is 0 Å². The third kappa shape index (κ3) is 2.18. The second-order valence-electron chi connectivity index (χ2n) is 3.01. The molecular weight excluding hydrogens is 195 g/mol. The molecule has 1 rings (SSSR count). The summed E-state index contributed by atoms with van der Waals surface area (Å²) in [6.45, 7) is 1.62. The Labute approximate surface area is 86.4 Å². The summed E-state index contributed by atoms with van der Waals surface area (Å²) in [5.41, 5.74) is 0.639. The first kappa shape index (κ1) is 10.9. The molecular formula is C11H7FN2O. The van der Waals surface area contributed by atoms with Crippen molar-refractivity contribution >= 4 is 5.78 Å². The van der Waals surface area contributed by atoms with Gasteiger partial charge in [0.25, 0.3) is 0 Å². The topological polar surface area (TPSA) is 64.7 Å². The molecule has 0 amide bonds. The highest BCUT2D eigenvalue weighted by Crippen LogP contribution is 2.14. The molecule has 1 aromatic rings. The smallest absolute Gasteiger partial charge is 0.195 e.